The van der Waals surface area contributed by atoms with Gasteiger partial charge in [-0.25, -0.2) is 4.99 Å². The van der Waals surface area contributed by atoms with Crippen LogP contribution in [0.3, 0.4) is 0 Å². The van der Waals surface area contributed by atoms with Crippen LogP contribution in [0.4, 0.5) is 0 Å². The van der Waals surface area contributed by atoms with E-state index in [0.717, 1.165) is 18.3 Å². The van der Waals surface area contributed by atoms with Gasteiger partial charge < -0.3 is 15.1 Å². The lowest BCUT2D eigenvalue weighted by atomic mass is 10.1. The van der Waals surface area contributed by atoms with Crippen LogP contribution in [0.1, 0.15) is 27.2 Å². The molecule has 0 fully saturated rings. The number of hydrogen-bond donors (Lipinski definition) is 3. The molecule has 24 heavy (non-hydrogen) atoms. The topological polar surface area (TPSA) is 96.9 Å². The number of aliphatic imine (C=N–C) groups is 2. The van der Waals surface area contributed by atoms with Crippen LogP contribution < -0.4 is 5.48 Å². The highest BCUT2D eigenvalue weighted by atomic mass is 16.6. The summed E-state index contributed by atoms with van der Waals surface area (Å²) in [6.07, 6.45) is 10.3. The highest BCUT2D eigenvalue weighted by molar-refractivity contribution is 6.11. The molecular formula is C17H28N6O. The molecule has 0 amide bonds. The fourth-order valence-electron chi connectivity index (χ4n) is 1.91. The summed E-state index contributed by atoms with van der Waals surface area (Å²) >= 11 is 0. The summed E-state index contributed by atoms with van der Waals surface area (Å²) in [4.78, 5) is 15.2. The van der Waals surface area contributed by atoms with Crippen LogP contribution in [-0.2, 0) is 4.84 Å². The van der Waals surface area contributed by atoms with Crippen molar-refractivity contribution in [2.45, 2.75) is 27.2 Å². The van der Waals surface area contributed by atoms with E-state index in [-0.39, 0.29) is 0 Å². The van der Waals surface area contributed by atoms with Crippen LogP contribution in [0.25, 0.3) is 0 Å². The summed E-state index contributed by atoms with van der Waals surface area (Å²) in [6, 6.07) is 0. The Hall–Kier alpha value is -2.54. The van der Waals surface area contributed by atoms with E-state index in [2.05, 4.69) is 15.5 Å². The van der Waals surface area contributed by atoms with Gasteiger partial charge in [-0.1, -0.05) is 6.92 Å². The molecule has 0 atom stereocenters. The van der Waals surface area contributed by atoms with Crippen molar-refractivity contribution in [1.82, 2.24) is 10.4 Å². The van der Waals surface area contributed by atoms with Crippen molar-refractivity contribution in [1.29, 1.82) is 10.8 Å². The predicted octanol–water partition coefficient (Wildman–Crippen LogP) is 2.94. The predicted molar refractivity (Wildman–Crippen MR) is 102 cm³/mol. The first-order valence-corrected chi connectivity index (χ1v) is 7.70. The molecule has 0 aliphatic heterocycles. The molecule has 0 rings (SSSR count). The molecule has 0 radical (unpaired) electrons. The Labute approximate surface area is 144 Å². The fourth-order valence-corrected chi connectivity index (χ4v) is 1.91. The summed E-state index contributed by atoms with van der Waals surface area (Å²) in [5, 5.41) is 15.1. The molecule has 7 nitrogen and oxygen atoms in total. The van der Waals surface area contributed by atoms with Crippen LogP contribution in [0.5, 0.6) is 0 Å². The zero-order valence-corrected chi connectivity index (χ0v) is 15.1. The number of hydrogen-bond acceptors (Lipinski definition) is 6. The number of nitrogens with zero attached hydrogens (tertiary/aromatic N) is 3. The second kappa shape index (κ2) is 13.0. The molecular weight excluding hydrogens is 304 g/mol. The van der Waals surface area contributed by atoms with Gasteiger partial charge >= 0.3 is 0 Å². The lowest BCUT2D eigenvalue weighted by Crippen LogP contribution is -2.19. The molecule has 0 bridgehead atoms. The Morgan fingerprint density at radius 1 is 1.33 bits per heavy atom. The fraction of sp³-hybridized carbons (Fsp3) is 0.412. The third-order valence-electron chi connectivity index (χ3n) is 2.96. The second-order valence-electron chi connectivity index (χ2n) is 4.82. The van der Waals surface area contributed by atoms with Crippen molar-refractivity contribution in [3.05, 3.63) is 35.9 Å². The van der Waals surface area contributed by atoms with Crippen molar-refractivity contribution in [3.8, 4) is 0 Å². The Morgan fingerprint density at radius 3 is 2.58 bits per heavy atom. The molecule has 0 aliphatic rings. The summed E-state index contributed by atoms with van der Waals surface area (Å²) in [5.41, 5.74) is 4.65. The Morgan fingerprint density at radius 2 is 2.04 bits per heavy atom. The van der Waals surface area contributed by atoms with E-state index in [1.54, 1.807) is 25.5 Å². The Balaban J connectivity index is 5.09. The normalized spacial score (nSPS) is 13.6. The minimum Gasteiger partial charge on any atom is -0.413 e. The van der Waals surface area contributed by atoms with E-state index >= 15 is 0 Å². The van der Waals surface area contributed by atoms with E-state index in [0.29, 0.717) is 23.7 Å². The number of rotatable bonds is 11. The van der Waals surface area contributed by atoms with Gasteiger partial charge in [-0.2, -0.15) is 5.48 Å². The van der Waals surface area contributed by atoms with E-state index in [4.69, 9.17) is 15.7 Å². The van der Waals surface area contributed by atoms with Gasteiger partial charge in [0, 0.05) is 38.3 Å². The molecule has 0 aromatic carbocycles. The summed E-state index contributed by atoms with van der Waals surface area (Å²) in [5.74, 6) is 0.709. The third kappa shape index (κ3) is 8.79. The van der Waals surface area contributed by atoms with Crippen LogP contribution in [0, 0.1) is 10.8 Å². The van der Waals surface area contributed by atoms with Crippen LogP contribution in [0.15, 0.2) is 45.9 Å². The van der Waals surface area contributed by atoms with Gasteiger partial charge in [0.05, 0.1) is 18.0 Å². The van der Waals surface area contributed by atoms with E-state index in [9.17, 15) is 0 Å². The number of allylic oxidation sites excluding steroid dienone is 3. The molecule has 3 N–H and O–H groups in total. The molecule has 0 spiro atoms. The molecule has 0 unspecified atom stereocenters. The van der Waals surface area contributed by atoms with Gasteiger partial charge in [-0.05, 0) is 32.4 Å². The van der Waals surface area contributed by atoms with E-state index < -0.39 is 0 Å². The van der Waals surface area contributed by atoms with Crippen molar-refractivity contribution in [2.75, 3.05) is 20.6 Å². The van der Waals surface area contributed by atoms with Gasteiger partial charge in [0.1, 0.15) is 12.1 Å². The smallest absolute Gasteiger partial charge is 0.126 e. The molecule has 0 saturated heterocycles. The quantitative estimate of drug-likeness (QED) is 0.235. The largest absolute Gasteiger partial charge is 0.413 e. The van der Waals surface area contributed by atoms with Crippen LogP contribution >= 0.6 is 0 Å². The van der Waals surface area contributed by atoms with E-state index in [1.807, 2.05) is 45.0 Å². The molecule has 0 aromatic rings. The summed E-state index contributed by atoms with van der Waals surface area (Å²) < 4.78 is 0. The van der Waals surface area contributed by atoms with Gasteiger partial charge in [0.25, 0.3) is 0 Å². The van der Waals surface area contributed by atoms with Crippen LogP contribution in [0.2, 0.25) is 0 Å². The molecule has 0 aliphatic carbocycles. The highest BCUT2D eigenvalue weighted by Gasteiger charge is 2.08. The number of hydroxylamine groups is 1. The monoisotopic (exact) mass is 332 g/mol. The lowest BCUT2D eigenvalue weighted by Gasteiger charge is -2.14. The molecule has 0 saturated carbocycles. The van der Waals surface area contributed by atoms with Crippen molar-refractivity contribution in [2.24, 2.45) is 9.98 Å². The lowest BCUT2D eigenvalue weighted by molar-refractivity contribution is 0.126. The van der Waals surface area contributed by atoms with Gasteiger partial charge in [0.15, 0.2) is 0 Å². The maximum Gasteiger partial charge on any atom is 0.126 e. The third-order valence-corrected chi connectivity index (χ3v) is 2.96. The van der Waals surface area contributed by atoms with Gasteiger partial charge in [-0.3, -0.25) is 10.4 Å². The Kier molecular flexibility index (Phi) is 11.6. The van der Waals surface area contributed by atoms with Crippen molar-refractivity contribution in [3.63, 3.8) is 0 Å². The minimum absolute atomic E-state index is 0.444. The first kappa shape index (κ1) is 21.5. The second-order valence-corrected chi connectivity index (χ2v) is 4.82. The van der Waals surface area contributed by atoms with Crippen molar-refractivity contribution < 1.29 is 4.84 Å². The minimum atomic E-state index is 0.444. The zero-order chi connectivity index (χ0) is 18.4. The Bertz CT molecular complexity index is 557. The average Bonchev–Trinajstić information content (AvgIpc) is 2.53. The maximum atomic E-state index is 7.87. The van der Waals surface area contributed by atoms with Crippen molar-refractivity contribution >= 4 is 24.0 Å². The standard InChI is InChI=1S/C17H28N6O/c1-6-16(14(3)24-20-4)17(22-13-18)9-11-23(5)12-15(19)8-10-21-7-2/h7-11,13,18-20H,6,12H2,1-5H3/b10-8-,11-9+,16-14+,18-13?,19-15?,21-7+,22-17+. The summed E-state index contributed by atoms with van der Waals surface area (Å²) in [7, 11) is 3.56. The first-order valence-electron chi connectivity index (χ1n) is 7.70. The molecule has 7 heteroatoms. The van der Waals surface area contributed by atoms with Gasteiger partial charge in [-0.15, -0.1) is 0 Å². The number of nitrogens with one attached hydrogen (secondary N) is 3. The maximum absolute atomic E-state index is 7.87. The van der Waals surface area contributed by atoms with Gasteiger partial charge in [0.2, 0.25) is 0 Å². The summed E-state index contributed by atoms with van der Waals surface area (Å²) in [6.45, 7) is 6.12. The average molecular weight is 332 g/mol. The molecule has 0 aromatic heterocycles. The van der Waals surface area contributed by atoms with Crippen LogP contribution in [-0.4, -0.2) is 49.5 Å². The molecule has 132 valence electrons. The zero-order valence-electron chi connectivity index (χ0n) is 15.1. The SMILES string of the molecule is C/C=N/C=C\C(=N)CN(C)/C=C/C(=N\C=N)C(/CC)=C(\C)ONC. The first-order chi connectivity index (χ1) is 11.5. The molecule has 0 heterocycles. The highest BCUT2D eigenvalue weighted by Crippen LogP contribution is 2.12. The van der Waals surface area contributed by atoms with E-state index in [1.165, 1.54) is 0 Å².